The summed E-state index contributed by atoms with van der Waals surface area (Å²) in [5, 5.41) is 3.79. The minimum absolute atomic E-state index is 0.225. The number of aryl methyl sites for hydroxylation is 1. The van der Waals surface area contributed by atoms with Crippen molar-refractivity contribution in [3.8, 4) is 0 Å². The lowest BCUT2D eigenvalue weighted by molar-refractivity contribution is 0.618. The molecule has 0 saturated heterocycles. The van der Waals surface area contributed by atoms with Gasteiger partial charge in [0.05, 0.1) is 0 Å². The van der Waals surface area contributed by atoms with Gasteiger partial charge in [-0.3, -0.25) is 0 Å². The molecule has 3 nitrogen and oxygen atoms in total. The fraction of sp³-hybridized carbons (Fsp3) is 0.200. The maximum absolute atomic E-state index is 13.2. The van der Waals surface area contributed by atoms with Gasteiger partial charge in [-0.1, -0.05) is 28.9 Å². The van der Waals surface area contributed by atoms with Gasteiger partial charge in [-0.2, -0.15) is 0 Å². The third-order valence-corrected chi connectivity index (χ3v) is 2.15. The Hall–Kier alpha value is -1.51. The van der Waals surface area contributed by atoms with Crippen molar-refractivity contribution >= 4 is 17.7 Å². The number of benzene rings is 1. The molecule has 0 radical (unpaired) electrons. The molecular weight excluding hydrogens is 217 g/mol. The van der Waals surface area contributed by atoms with E-state index in [0.717, 1.165) is 0 Å². The Labute approximate surface area is 91.8 Å². The number of halogens is 2. The van der Waals surface area contributed by atoms with Crippen LogP contribution in [0.3, 0.4) is 0 Å². The highest BCUT2D eigenvalue weighted by Gasteiger charge is 2.02. The Bertz CT molecular complexity index is 437. The summed E-state index contributed by atoms with van der Waals surface area (Å²) in [6.07, 6.45) is 3.25. The quantitative estimate of drug-likeness (QED) is 0.422. The van der Waals surface area contributed by atoms with Crippen molar-refractivity contribution in [1.82, 2.24) is 0 Å². The first kappa shape index (κ1) is 11.6. The monoisotopic (exact) mass is 225 g/mol. The summed E-state index contributed by atoms with van der Waals surface area (Å²) in [6.45, 7) is 1.87. The zero-order valence-electron chi connectivity index (χ0n) is 8.11. The Morgan fingerprint density at radius 3 is 3.00 bits per heavy atom. The molecule has 0 unspecified atom stereocenters. The van der Waals surface area contributed by atoms with E-state index in [9.17, 15) is 4.39 Å². The second-order valence-corrected chi connectivity index (χ2v) is 3.35. The van der Waals surface area contributed by atoms with Crippen LogP contribution in [-0.2, 0) is 0 Å². The van der Waals surface area contributed by atoms with Crippen LogP contribution in [0.5, 0.6) is 0 Å². The van der Waals surface area contributed by atoms with Gasteiger partial charge < -0.3 is 0 Å². The first-order chi connectivity index (χ1) is 7.15. The third-order valence-electron chi connectivity index (χ3n) is 1.83. The zero-order chi connectivity index (χ0) is 11.3. The maximum Gasteiger partial charge on any atom is 0.126 e. The summed E-state index contributed by atoms with van der Waals surface area (Å²) in [6, 6.07) is 2.91. The van der Waals surface area contributed by atoms with Crippen molar-refractivity contribution in [2.45, 2.75) is 6.92 Å². The van der Waals surface area contributed by atoms with E-state index in [1.165, 1.54) is 6.07 Å². The van der Waals surface area contributed by atoms with Gasteiger partial charge >= 0.3 is 0 Å². The van der Waals surface area contributed by atoms with Crippen LogP contribution in [0.25, 0.3) is 16.5 Å². The third kappa shape index (κ3) is 3.27. The van der Waals surface area contributed by atoms with E-state index in [4.69, 9.17) is 17.1 Å². The smallest absolute Gasteiger partial charge is 0.126 e. The largest absolute Gasteiger partial charge is 0.207 e. The molecule has 0 spiro atoms. The highest BCUT2D eigenvalue weighted by Crippen LogP contribution is 2.21. The SMILES string of the molecule is Cc1cc(Cl)c(C=CCN=[N+]=[N-])cc1F. The number of rotatable bonds is 3. The van der Waals surface area contributed by atoms with Gasteiger partial charge in [-0.15, -0.1) is 0 Å². The van der Waals surface area contributed by atoms with Crippen LogP contribution in [0, 0.1) is 12.7 Å². The Balaban J connectivity index is 2.90. The van der Waals surface area contributed by atoms with E-state index < -0.39 is 0 Å². The Kier molecular flexibility index (Phi) is 4.16. The molecule has 0 N–H and O–H groups in total. The molecule has 0 saturated carbocycles. The highest BCUT2D eigenvalue weighted by atomic mass is 35.5. The lowest BCUT2D eigenvalue weighted by Crippen LogP contribution is -1.85. The van der Waals surface area contributed by atoms with E-state index >= 15 is 0 Å². The predicted molar refractivity (Wildman–Crippen MR) is 59.2 cm³/mol. The molecule has 0 aromatic heterocycles. The summed E-state index contributed by atoms with van der Waals surface area (Å²) in [5.41, 5.74) is 9.12. The minimum Gasteiger partial charge on any atom is -0.207 e. The average Bonchev–Trinajstić information content (AvgIpc) is 2.20. The van der Waals surface area contributed by atoms with Crippen LogP contribution >= 0.6 is 11.6 Å². The molecule has 0 aliphatic carbocycles. The summed E-state index contributed by atoms with van der Waals surface area (Å²) in [5.74, 6) is -0.303. The van der Waals surface area contributed by atoms with E-state index in [1.807, 2.05) is 0 Å². The maximum atomic E-state index is 13.2. The molecule has 0 bridgehead atoms. The molecule has 0 atom stereocenters. The number of hydrogen-bond donors (Lipinski definition) is 0. The molecule has 1 aromatic carbocycles. The van der Waals surface area contributed by atoms with E-state index in [2.05, 4.69) is 10.0 Å². The van der Waals surface area contributed by atoms with Crippen molar-refractivity contribution in [1.29, 1.82) is 0 Å². The lowest BCUT2D eigenvalue weighted by Gasteiger charge is -2.01. The minimum atomic E-state index is -0.303. The van der Waals surface area contributed by atoms with Gasteiger partial charge in [0.15, 0.2) is 0 Å². The fourth-order valence-electron chi connectivity index (χ4n) is 1.05. The van der Waals surface area contributed by atoms with Crippen molar-refractivity contribution in [3.63, 3.8) is 0 Å². The Morgan fingerprint density at radius 1 is 1.60 bits per heavy atom. The number of hydrogen-bond acceptors (Lipinski definition) is 1. The van der Waals surface area contributed by atoms with Crippen LogP contribution < -0.4 is 0 Å². The summed E-state index contributed by atoms with van der Waals surface area (Å²) >= 11 is 5.89. The molecular formula is C10H9ClFN3. The summed E-state index contributed by atoms with van der Waals surface area (Å²) < 4.78 is 13.2. The van der Waals surface area contributed by atoms with Gasteiger partial charge in [0.1, 0.15) is 5.82 Å². The highest BCUT2D eigenvalue weighted by molar-refractivity contribution is 6.32. The molecule has 1 rings (SSSR count). The lowest BCUT2D eigenvalue weighted by atomic mass is 10.1. The van der Waals surface area contributed by atoms with Gasteiger partial charge in [0, 0.05) is 16.5 Å². The van der Waals surface area contributed by atoms with Crippen molar-refractivity contribution < 1.29 is 4.39 Å². The van der Waals surface area contributed by atoms with Gasteiger partial charge in [-0.25, -0.2) is 4.39 Å². The van der Waals surface area contributed by atoms with Crippen molar-refractivity contribution in [2.75, 3.05) is 6.54 Å². The van der Waals surface area contributed by atoms with E-state index in [-0.39, 0.29) is 12.4 Å². The van der Waals surface area contributed by atoms with Crippen LogP contribution in [0.15, 0.2) is 23.3 Å². The summed E-state index contributed by atoms with van der Waals surface area (Å²) in [4.78, 5) is 2.59. The predicted octanol–water partition coefficient (Wildman–Crippen LogP) is 4.11. The molecule has 0 fully saturated rings. The number of nitrogens with zero attached hydrogens (tertiary/aromatic N) is 3. The molecule has 0 amide bonds. The van der Waals surface area contributed by atoms with E-state index in [0.29, 0.717) is 16.1 Å². The van der Waals surface area contributed by atoms with E-state index in [1.54, 1.807) is 25.1 Å². The molecule has 0 heterocycles. The summed E-state index contributed by atoms with van der Waals surface area (Å²) in [7, 11) is 0. The molecule has 5 heteroatoms. The first-order valence-corrected chi connectivity index (χ1v) is 4.66. The zero-order valence-corrected chi connectivity index (χ0v) is 8.87. The number of azide groups is 1. The van der Waals surface area contributed by atoms with Crippen LogP contribution in [0.1, 0.15) is 11.1 Å². The van der Waals surface area contributed by atoms with Crippen LogP contribution in [-0.4, -0.2) is 6.54 Å². The average molecular weight is 226 g/mol. The van der Waals surface area contributed by atoms with Crippen LogP contribution in [0.2, 0.25) is 5.02 Å². The standard InChI is InChI=1S/C10H9ClFN3/c1-7-5-9(11)8(6-10(7)12)3-2-4-14-15-13/h2-3,5-6H,4H2,1H3. The molecule has 78 valence electrons. The Morgan fingerprint density at radius 2 is 2.33 bits per heavy atom. The second kappa shape index (κ2) is 5.39. The van der Waals surface area contributed by atoms with Gasteiger partial charge in [-0.05, 0) is 35.7 Å². The molecule has 0 aliphatic heterocycles. The normalized spacial score (nSPS) is 10.3. The first-order valence-electron chi connectivity index (χ1n) is 4.28. The molecule has 15 heavy (non-hydrogen) atoms. The topological polar surface area (TPSA) is 48.8 Å². The molecule has 0 aliphatic rings. The van der Waals surface area contributed by atoms with Crippen molar-refractivity contribution in [3.05, 3.63) is 50.6 Å². The fourth-order valence-corrected chi connectivity index (χ4v) is 1.33. The van der Waals surface area contributed by atoms with Crippen molar-refractivity contribution in [2.24, 2.45) is 5.11 Å². The second-order valence-electron chi connectivity index (χ2n) is 2.94. The van der Waals surface area contributed by atoms with Gasteiger partial charge in [0.2, 0.25) is 0 Å². The van der Waals surface area contributed by atoms with Gasteiger partial charge in [0.25, 0.3) is 0 Å². The van der Waals surface area contributed by atoms with Crippen LogP contribution in [0.4, 0.5) is 4.39 Å². The molecule has 1 aromatic rings.